The molecule has 19 heavy (non-hydrogen) atoms. The van der Waals surface area contributed by atoms with Crippen molar-refractivity contribution in [2.75, 3.05) is 0 Å². The zero-order chi connectivity index (χ0) is 13.4. The summed E-state index contributed by atoms with van der Waals surface area (Å²) in [6.07, 6.45) is 0. The van der Waals surface area contributed by atoms with Crippen molar-refractivity contribution in [3.8, 4) is 17.1 Å². The van der Waals surface area contributed by atoms with Gasteiger partial charge in [-0.3, -0.25) is 0 Å². The summed E-state index contributed by atoms with van der Waals surface area (Å²) in [5.74, 6) is 0.664. The van der Waals surface area contributed by atoms with E-state index < -0.39 is 0 Å². The highest BCUT2D eigenvalue weighted by Crippen LogP contribution is 2.27. The number of benzene rings is 2. The van der Waals surface area contributed by atoms with Crippen LogP contribution in [0.4, 0.5) is 0 Å². The minimum absolute atomic E-state index is 0.136. The Kier molecular flexibility index (Phi) is 3.01. The molecule has 5 heteroatoms. The molecule has 0 atom stereocenters. The number of aromatic nitrogens is 2. The number of fused-ring (bicyclic) bond motifs is 1. The van der Waals surface area contributed by atoms with Crippen molar-refractivity contribution in [1.29, 1.82) is 0 Å². The molecule has 1 N–H and O–H groups in total. The van der Waals surface area contributed by atoms with Crippen molar-refractivity contribution < 1.29 is 5.11 Å². The van der Waals surface area contributed by atoms with Gasteiger partial charge in [-0.15, -0.1) is 0 Å². The lowest BCUT2D eigenvalue weighted by Gasteiger charge is -2.05. The van der Waals surface area contributed by atoms with Crippen LogP contribution in [0.2, 0.25) is 10.2 Å². The summed E-state index contributed by atoms with van der Waals surface area (Å²) in [6, 6.07) is 12.0. The van der Waals surface area contributed by atoms with Crippen molar-refractivity contribution in [3.05, 3.63) is 52.6 Å². The van der Waals surface area contributed by atoms with Gasteiger partial charge in [-0.2, -0.15) is 0 Å². The number of aromatic hydroxyl groups is 1. The quantitative estimate of drug-likeness (QED) is 0.679. The van der Waals surface area contributed by atoms with Crippen LogP contribution in [-0.4, -0.2) is 15.1 Å². The average Bonchev–Trinajstić information content (AvgIpc) is 2.40. The normalized spacial score (nSPS) is 10.8. The van der Waals surface area contributed by atoms with E-state index in [0.29, 0.717) is 26.9 Å². The van der Waals surface area contributed by atoms with Crippen molar-refractivity contribution in [1.82, 2.24) is 9.97 Å². The van der Waals surface area contributed by atoms with Gasteiger partial charge in [-0.05, 0) is 42.5 Å². The van der Waals surface area contributed by atoms with E-state index >= 15 is 0 Å². The fraction of sp³-hybridized carbons (Fsp3) is 0. The van der Waals surface area contributed by atoms with Crippen LogP contribution in [0.1, 0.15) is 0 Å². The van der Waals surface area contributed by atoms with Gasteiger partial charge >= 0.3 is 0 Å². The van der Waals surface area contributed by atoms with Gasteiger partial charge in [0, 0.05) is 16.0 Å². The minimum Gasteiger partial charge on any atom is -0.508 e. The monoisotopic (exact) mass is 290 g/mol. The number of halogens is 2. The van der Waals surface area contributed by atoms with Crippen molar-refractivity contribution in [2.45, 2.75) is 0 Å². The molecule has 0 spiro atoms. The fourth-order valence-electron chi connectivity index (χ4n) is 1.81. The second-order valence-corrected chi connectivity index (χ2v) is 4.84. The molecule has 0 bridgehead atoms. The molecular formula is C14H8Cl2N2O. The Morgan fingerprint density at radius 2 is 1.63 bits per heavy atom. The van der Waals surface area contributed by atoms with Gasteiger partial charge in [0.25, 0.3) is 0 Å². The number of phenols is 1. The third-order valence-electron chi connectivity index (χ3n) is 2.74. The SMILES string of the molecule is Oc1ccc2nc(-c3ccc(Cl)cc3)nc(Cl)c2c1. The Bertz CT molecular complexity index is 757. The predicted molar refractivity (Wildman–Crippen MR) is 76.7 cm³/mol. The van der Waals surface area contributed by atoms with E-state index in [2.05, 4.69) is 9.97 Å². The molecule has 94 valence electrons. The molecule has 1 heterocycles. The third-order valence-corrected chi connectivity index (χ3v) is 3.28. The molecule has 0 fully saturated rings. The van der Waals surface area contributed by atoms with Gasteiger partial charge in [-0.1, -0.05) is 23.2 Å². The van der Waals surface area contributed by atoms with Gasteiger partial charge in [0.2, 0.25) is 0 Å². The van der Waals surface area contributed by atoms with Crippen LogP contribution in [0, 0.1) is 0 Å². The summed E-state index contributed by atoms with van der Waals surface area (Å²) in [4.78, 5) is 8.67. The first-order valence-corrected chi connectivity index (χ1v) is 6.31. The van der Waals surface area contributed by atoms with E-state index in [1.165, 1.54) is 0 Å². The Balaban J connectivity index is 2.20. The van der Waals surface area contributed by atoms with E-state index in [4.69, 9.17) is 23.2 Å². The average molecular weight is 291 g/mol. The Morgan fingerprint density at radius 3 is 2.37 bits per heavy atom. The van der Waals surface area contributed by atoms with Crippen molar-refractivity contribution >= 4 is 34.1 Å². The molecule has 3 nitrogen and oxygen atoms in total. The lowest BCUT2D eigenvalue weighted by Crippen LogP contribution is -1.91. The summed E-state index contributed by atoms with van der Waals surface area (Å²) in [5.41, 5.74) is 1.52. The Morgan fingerprint density at radius 1 is 0.895 bits per heavy atom. The number of nitrogens with zero attached hydrogens (tertiary/aromatic N) is 2. The van der Waals surface area contributed by atoms with Crippen LogP contribution in [0.3, 0.4) is 0 Å². The van der Waals surface area contributed by atoms with Crippen LogP contribution >= 0.6 is 23.2 Å². The smallest absolute Gasteiger partial charge is 0.161 e. The zero-order valence-corrected chi connectivity index (χ0v) is 11.2. The molecule has 0 radical (unpaired) electrons. The van der Waals surface area contributed by atoms with Gasteiger partial charge in [0.15, 0.2) is 5.82 Å². The van der Waals surface area contributed by atoms with Gasteiger partial charge in [0.05, 0.1) is 5.52 Å². The maximum Gasteiger partial charge on any atom is 0.161 e. The Labute approximate surface area is 119 Å². The van der Waals surface area contributed by atoms with Crippen LogP contribution in [0.5, 0.6) is 5.75 Å². The van der Waals surface area contributed by atoms with Crippen molar-refractivity contribution in [3.63, 3.8) is 0 Å². The number of hydrogen-bond donors (Lipinski definition) is 1. The summed E-state index contributed by atoms with van der Waals surface area (Å²) >= 11 is 12.0. The van der Waals surface area contributed by atoms with Crippen LogP contribution in [0.25, 0.3) is 22.3 Å². The van der Waals surface area contributed by atoms with Crippen LogP contribution < -0.4 is 0 Å². The summed E-state index contributed by atoms with van der Waals surface area (Å²) in [6.45, 7) is 0. The first kappa shape index (κ1) is 12.2. The second-order valence-electron chi connectivity index (χ2n) is 4.05. The molecule has 0 aliphatic heterocycles. The topological polar surface area (TPSA) is 46.0 Å². The first-order chi connectivity index (χ1) is 9.13. The molecule has 0 amide bonds. The third kappa shape index (κ3) is 2.35. The van der Waals surface area contributed by atoms with E-state index in [0.717, 1.165) is 5.56 Å². The fourth-order valence-corrected chi connectivity index (χ4v) is 2.16. The lowest BCUT2D eigenvalue weighted by atomic mass is 10.2. The van der Waals surface area contributed by atoms with Gasteiger partial charge < -0.3 is 5.11 Å². The number of hydrogen-bond acceptors (Lipinski definition) is 3. The molecule has 3 rings (SSSR count). The van der Waals surface area contributed by atoms with Crippen molar-refractivity contribution in [2.24, 2.45) is 0 Å². The van der Waals surface area contributed by atoms with Crippen LogP contribution in [-0.2, 0) is 0 Å². The second kappa shape index (κ2) is 4.68. The van der Waals surface area contributed by atoms with E-state index in [-0.39, 0.29) is 5.75 Å². The molecule has 1 aromatic heterocycles. The highest BCUT2D eigenvalue weighted by Gasteiger charge is 2.08. The maximum atomic E-state index is 9.44. The highest BCUT2D eigenvalue weighted by molar-refractivity contribution is 6.34. The molecular weight excluding hydrogens is 283 g/mol. The van der Waals surface area contributed by atoms with E-state index in [1.807, 2.05) is 12.1 Å². The predicted octanol–water partition coefficient (Wildman–Crippen LogP) is 4.31. The Hall–Kier alpha value is -1.84. The first-order valence-electron chi connectivity index (χ1n) is 5.56. The summed E-state index contributed by atoms with van der Waals surface area (Å²) in [7, 11) is 0. The summed E-state index contributed by atoms with van der Waals surface area (Å²) in [5, 5.41) is 11.0. The number of phenolic OH excluding ortho intramolecular Hbond substituents is 1. The molecule has 0 aliphatic carbocycles. The number of rotatable bonds is 1. The van der Waals surface area contributed by atoms with Crippen LogP contribution in [0.15, 0.2) is 42.5 Å². The molecule has 3 aromatic rings. The minimum atomic E-state index is 0.136. The largest absolute Gasteiger partial charge is 0.508 e. The van der Waals surface area contributed by atoms with Gasteiger partial charge in [-0.25, -0.2) is 9.97 Å². The lowest BCUT2D eigenvalue weighted by molar-refractivity contribution is 0.476. The van der Waals surface area contributed by atoms with Gasteiger partial charge in [0.1, 0.15) is 10.9 Å². The van der Waals surface area contributed by atoms with E-state index in [9.17, 15) is 5.11 Å². The molecule has 0 saturated heterocycles. The maximum absolute atomic E-state index is 9.44. The molecule has 2 aromatic carbocycles. The molecule has 0 saturated carbocycles. The molecule has 0 unspecified atom stereocenters. The van der Waals surface area contributed by atoms with E-state index in [1.54, 1.807) is 30.3 Å². The highest BCUT2D eigenvalue weighted by atomic mass is 35.5. The zero-order valence-electron chi connectivity index (χ0n) is 9.64. The summed E-state index contributed by atoms with van der Waals surface area (Å²) < 4.78 is 0. The standard InChI is InChI=1S/C14H8Cl2N2O/c15-9-3-1-8(2-4-9)14-17-12-6-5-10(19)7-11(12)13(16)18-14/h1-7,19H. The molecule has 0 aliphatic rings.